The molecule has 1 aliphatic rings. The number of anilines is 2. The van der Waals surface area contributed by atoms with Gasteiger partial charge in [0.05, 0.1) is 6.20 Å². The number of carbonyl (C=O) groups is 2. The molecule has 6 nitrogen and oxygen atoms in total. The van der Waals surface area contributed by atoms with Gasteiger partial charge in [0, 0.05) is 0 Å². The summed E-state index contributed by atoms with van der Waals surface area (Å²) >= 11 is 1.26. The number of thiazole rings is 1. The fourth-order valence-electron chi connectivity index (χ4n) is 1.49. The van der Waals surface area contributed by atoms with Crippen LogP contribution in [0.15, 0.2) is 6.20 Å². The smallest absolute Gasteiger partial charge is 0.251 e. The van der Waals surface area contributed by atoms with E-state index >= 15 is 0 Å². The summed E-state index contributed by atoms with van der Waals surface area (Å²) in [5, 5.41) is 3.45. The van der Waals surface area contributed by atoms with E-state index in [-0.39, 0.29) is 18.4 Å². The number of carbonyl (C=O) groups excluding carboxylic acids is 2. The normalized spacial score (nSPS) is 19.8. The molecule has 0 bridgehead atoms. The molecule has 86 valence electrons. The maximum atomic E-state index is 11.7. The number of imide groups is 1. The minimum Gasteiger partial charge on any atom is -0.389 e. The van der Waals surface area contributed by atoms with Gasteiger partial charge in [-0.15, -0.1) is 0 Å². The van der Waals surface area contributed by atoms with Crippen molar-refractivity contribution in [2.45, 2.75) is 19.4 Å². The van der Waals surface area contributed by atoms with E-state index in [4.69, 9.17) is 5.73 Å². The SMILES string of the molecule is CC1(C)C(=O)NC(=O)CN1c1ncc(N)s1. The first-order valence-electron chi connectivity index (χ1n) is 4.74. The summed E-state index contributed by atoms with van der Waals surface area (Å²) in [7, 11) is 0. The van der Waals surface area contributed by atoms with Crippen molar-refractivity contribution in [1.29, 1.82) is 0 Å². The Morgan fingerprint density at radius 2 is 2.25 bits per heavy atom. The molecular formula is C9H12N4O2S. The summed E-state index contributed by atoms with van der Waals surface area (Å²) < 4.78 is 0. The second-order valence-electron chi connectivity index (χ2n) is 4.07. The van der Waals surface area contributed by atoms with Crippen LogP contribution in [0.4, 0.5) is 10.1 Å². The maximum absolute atomic E-state index is 11.7. The van der Waals surface area contributed by atoms with Crippen molar-refractivity contribution >= 4 is 33.3 Å². The second kappa shape index (κ2) is 3.44. The fourth-order valence-corrected chi connectivity index (χ4v) is 2.32. The van der Waals surface area contributed by atoms with Crippen LogP contribution in [-0.4, -0.2) is 28.9 Å². The monoisotopic (exact) mass is 240 g/mol. The zero-order valence-electron chi connectivity index (χ0n) is 8.98. The third-order valence-electron chi connectivity index (χ3n) is 2.53. The van der Waals surface area contributed by atoms with Crippen LogP contribution in [0.3, 0.4) is 0 Å². The minimum absolute atomic E-state index is 0.117. The molecule has 0 spiro atoms. The molecule has 3 N–H and O–H groups in total. The van der Waals surface area contributed by atoms with E-state index in [0.29, 0.717) is 10.1 Å². The van der Waals surface area contributed by atoms with E-state index in [2.05, 4.69) is 10.3 Å². The third kappa shape index (κ3) is 1.63. The van der Waals surface area contributed by atoms with Gasteiger partial charge in [-0.3, -0.25) is 14.9 Å². The summed E-state index contributed by atoms with van der Waals surface area (Å²) in [6, 6.07) is 0. The predicted octanol–water partition coefficient (Wildman–Crippen LogP) is -0.0333. The van der Waals surface area contributed by atoms with Gasteiger partial charge in [-0.05, 0) is 13.8 Å². The third-order valence-corrected chi connectivity index (χ3v) is 3.38. The average Bonchev–Trinajstić information content (AvgIpc) is 2.58. The lowest BCUT2D eigenvalue weighted by molar-refractivity contribution is -0.135. The van der Waals surface area contributed by atoms with Crippen molar-refractivity contribution in [1.82, 2.24) is 10.3 Å². The van der Waals surface area contributed by atoms with Crippen LogP contribution in [0, 0.1) is 0 Å². The lowest BCUT2D eigenvalue weighted by Gasteiger charge is -2.39. The molecule has 0 aliphatic carbocycles. The number of aromatic nitrogens is 1. The van der Waals surface area contributed by atoms with Gasteiger partial charge in [0.1, 0.15) is 17.1 Å². The summed E-state index contributed by atoms with van der Waals surface area (Å²) in [5.74, 6) is -0.643. The Morgan fingerprint density at radius 1 is 1.56 bits per heavy atom. The van der Waals surface area contributed by atoms with Crippen molar-refractivity contribution in [2.75, 3.05) is 17.2 Å². The number of nitrogen functional groups attached to an aromatic ring is 1. The molecule has 7 heteroatoms. The number of nitrogens with zero attached hydrogens (tertiary/aromatic N) is 2. The van der Waals surface area contributed by atoms with E-state index in [1.807, 2.05) is 0 Å². The first-order valence-corrected chi connectivity index (χ1v) is 5.56. The Labute approximate surface area is 96.4 Å². The molecule has 2 heterocycles. The summed E-state index contributed by atoms with van der Waals surface area (Å²) in [6.07, 6.45) is 1.52. The quantitative estimate of drug-likeness (QED) is 0.673. The number of hydrogen-bond acceptors (Lipinski definition) is 6. The van der Waals surface area contributed by atoms with Crippen molar-refractivity contribution in [3.05, 3.63) is 6.20 Å². The zero-order chi connectivity index (χ0) is 11.9. The fraction of sp³-hybridized carbons (Fsp3) is 0.444. The van der Waals surface area contributed by atoms with E-state index in [1.165, 1.54) is 17.5 Å². The van der Waals surface area contributed by atoms with E-state index in [0.717, 1.165) is 0 Å². The first-order chi connectivity index (χ1) is 7.41. The number of nitrogens with one attached hydrogen (secondary N) is 1. The Hall–Kier alpha value is -1.63. The molecule has 0 saturated carbocycles. The number of rotatable bonds is 1. The number of nitrogens with two attached hydrogens (primary N) is 1. The van der Waals surface area contributed by atoms with Gasteiger partial charge in [-0.1, -0.05) is 11.3 Å². The van der Waals surface area contributed by atoms with Gasteiger partial charge in [0.15, 0.2) is 5.13 Å². The van der Waals surface area contributed by atoms with Crippen LogP contribution in [0.2, 0.25) is 0 Å². The van der Waals surface area contributed by atoms with Crippen LogP contribution in [0.1, 0.15) is 13.8 Å². The molecule has 2 rings (SSSR count). The molecule has 1 aromatic heterocycles. The second-order valence-corrected chi connectivity index (χ2v) is 5.11. The summed E-state index contributed by atoms with van der Waals surface area (Å²) in [6.45, 7) is 3.60. The number of piperazine rings is 1. The molecular weight excluding hydrogens is 228 g/mol. The first kappa shape index (κ1) is 10.9. The van der Waals surface area contributed by atoms with Crippen molar-refractivity contribution in [2.24, 2.45) is 0 Å². The van der Waals surface area contributed by atoms with E-state index in [9.17, 15) is 9.59 Å². The largest absolute Gasteiger partial charge is 0.389 e. The highest BCUT2D eigenvalue weighted by molar-refractivity contribution is 7.19. The van der Waals surface area contributed by atoms with E-state index in [1.54, 1.807) is 18.7 Å². The van der Waals surface area contributed by atoms with E-state index < -0.39 is 5.54 Å². The van der Waals surface area contributed by atoms with Crippen molar-refractivity contribution in [3.63, 3.8) is 0 Å². The molecule has 1 fully saturated rings. The molecule has 1 aromatic rings. The van der Waals surface area contributed by atoms with Gasteiger partial charge >= 0.3 is 0 Å². The Balaban J connectivity index is 2.38. The Bertz CT molecular complexity index is 454. The lowest BCUT2D eigenvalue weighted by atomic mass is 10.00. The molecule has 0 atom stereocenters. The van der Waals surface area contributed by atoms with Gasteiger partial charge in [-0.25, -0.2) is 4.98 Å². The molecule has 1 saturated heterocycles. The van der Waals surface area contributed by atoms with Crippen molar-refractivity contribution < 1.29 is 9.59 Å². The van der Waals surface area contributed by atoms with Gasteiger partial charge < -0.3 is 10.6 Å². The van der Waals surface area contributed by atoms with Gasteiger partial charge in [0.25, 0.3) is 5.91 Å². The minimum atomic E-state index is -0.793. The van der Waals surface area contributed by atoms with Crippen molar-refractivity contribution in [3.8, 4) is 0 Å². The maximum Gasteiger partial charge on any atom is 0.251 e. The molecule has 0 aromatic carbocycles. The van der Waals surface area contributed by atoms with Crippen LogP contribution in [0.25, 0.3) is 0 Å². The molecule has 0 radical (unpaired) electrons. The zero-order valence-corrected chi connectivity index (χ0v) is 9.80. The Kier molecular flexibility index (Phi) is 2.34. The van der Waals surface area contributed by atoms with Crippen LogP contribution in [-0.2, 0) is 9.59 Å². The predicted molar refractivity (Wildman–Crippen MR) is 61.1 cm³/mol. The highest BCUT2D eigenvalue weighted by Gasteiger charge is 2.42. The van der Waals surface area contributed by atoms with Crippen LogP contribution in [0.5, 0.6) is 0 Å². The average molecular weight is 240 g/mol. The number of amides is 2. The summed E-state index contributed by atoms with van der Waals surface area (Å²) in [4.78, 5) is 28.8. The molecule has 16 heavy (non-hydrogen) atoms. The van der Waals surface area contributed by atoms with Crippen LogP contribution < -0.4 is 16.0 Å². The summed E-state index contributed by atoms with van der Waals surface area (Å²) in [5.41, 5.74) is 4.79. The lowest BCUT2D eigenvalue weighted by Crippen LogP contribution is -2.64. The van der Waals surface area contributed by atoms with Crippen LogP contribution >= 0.6 is 11.3 Å². The Morgan fingerprint density at radius 3 is 2.81 bits per heavy atom. The molecule has 2 amide bonds. The van der Waals surface area contributed by atoms with Gasteiger partial charge in [0.2, 0.25) is 5.91 Å². The highest BCUT2D eigenvalue weighted by Crippen LogP contribution is 2.31. The molecule has 1 aliphatic heterocycles. The standard InChI is InChI=1S/C9H12N4O2S/c1-9(2)7(15)12-6(14)4-13(9)8-11-3-5(10)16-8/h3H,4,10H2,1-2H3,(H,12,14,15). The molecule has 0 unspecified atom stereocenters. The topological polar surface area (TPSA) is 88.3 Å². The number of hydrogen-bond donors (Lipinski definition) is 2. The van der Waals surface area contributed by atoms with Gasteiger partial charge in [-0.2, -0.15) is 0 Å². The highest BCUT2D eigenvalue weighted by atomic mass is 32.1.